The summed E-state index contributed by atoms with van der Waals surface area (Å²) in [6.45, 7) is 2.88. The smallest absolute Gasteiger partial charge is 0.276 e. The summed E-state index contributed by atoms with van der Waals surface area (Å²) in [5, 5.41) is 13.1. The van der Waals surface area contributed by atoms with Crippen LogP contribution in [0.3, 0.4) is 0 Å². The highest BCUT2D eigenvalue weighted by atomic mass is 19.1. The number of pyridine rings is 1. The molecule has 2 aliphatic heterocycles. The summed E-state index contributed by atoms with van der Waals surface area (Å²) in [4.78, 5) is 43.0. The van der Waals surface area contributed by atoms with Crippen LogP contribution in [0.2, 0.25) is 0 Å². The molecule has 2 aromatic rings. The molecule has 1 saturated carbocycles. The van der Waals surface area contributed by atoms with Crippen LogP contribution in [0.15, 0.2) is 29.2 Å². The maximum Gasteiger partial charge on any atom is 0.276 e. The number of hydrogen-bond donors (Lipinski definition) is 2. The number of halogens is 2. The molecule has 34 heavy (non-hydrogen) atoms. The lowest BCUT2D eigenvalue weighted by atomic mass is 9.89. The van der Waals surface area contributed by atoms with Crippen molar-refractivity contribution in [1.29, 1.82) is 0 Å². The Morgan fingerprint density at radius 2 is 1.97 bits per heavy atom. The third kappa shape index (κ3) is 3.66. The zero-order valence-corrected chi connectivity index (χ0v) is 18.8. The topological polar surface area (TPSA) is 94.9 Å². The zero-order valence-electron chi connectivity index (χ0n) is 18.8. The van der Waals surface area contributed by atoms with Crippen LogP contribution >= 0.6 is 0 Å². The molecule has 180 valence electrons. The molecule has 2 atom stereocenters. The molecule has 2 amide bonds. The van der Waals surface area contributed by atoms with E-state index in [9.17, 15) is 28.3 Å². The molecule has 1 saturated heterocycles. The van der Waals surface area contributed by atoms with Crippen LogP contribution in [0.4, 0.5) is 8.78 Å². The molecule has 1 aromatic heterocycles. The Hall–Kier alpha value is -3.27. The van der Waals surface area contributed by atoms with Crippen LogP contribution in [-0.4, -0.2) is 56.1 Å². The maximum absolute atomic E-state index is 13.9. The number of nitrogens with zero attached hydrogens (tertiary/aromatic N) is 3. The second-order valence-corrected chi connectivity index (χ2v) is 9.29. The fourth-order valence-corrected chi connectivity index (χ4v) is 5.16. The second-order valence-electron chi connectivity index (χ2n) is 9.29. The Morgan fingerprint density at radius 1 is 1.21 bits per heavy atom. The molecule has 5 rings (SSSR count). The monoisotopic (exact) mass is 472 g/mol. The fraction of sp³-hybridized carbons (Fsp3) is 0.458. The molecule has 2 unspecified atom stereocenters. The molecule has 2 N–H and O–H groups in total. The van der Waals surface area contributed by atoms with E-state index in [4.69, 9.17) is 0 Å². The highest BCUT2D eigenvalue weighted by Gasteiger charge is 2.46. The summed E-state index contributed by atoms with van der Waals surface area (Å²) in [7, 11) is 0. The van der Waals surface area contributed by atoms with E-state index in [0.29, 0.717) is 18.7 Å². The van der Waals surface area contributed by atoms with Crippen LogP contribution in [0, 0.1) is 11.6 Å². The van der Waals surface area contributed by atoms with Crippen molar-refractivity contribution >= 4 is 11.8 Å². The molecule has 8 nitrogen and oxygen atoms in total. The first-order valence-corrected chi connectivity index (χ1v) is 11.5. The number of amides is 2. The van der Waals surface area contributed by atoms with Gasteiger partial charge in [0.1, 0.15) is 23.4 Å². The van der Waals surface area contributed by atoms with E-state index in [1.165, 1.54) is 16.8 Å². The number of fused-ring (bicyclic) bond motifs is 2. The minimum absolute atomic E-state index is 0.0364. The van der Waals surface area contributed by atoms with E-state index >= 15 is 0 Å². The quantitative estimate of drug-likeness (QED) is 0.712. The van der Waals surface area contributed by atoms with E-state index in [2.05, 4.69) is 10.2 Å². The number of aromatic nitrogens is 1. The highest BCUT2D eigenvalue weighted by Crippen LogP contribution is 2.36. The van der Waals surface area contributed by atoms with E-state index in [0.717, 1.165) is 38.3 Å². The van der Waals surface area contributed by atoms with Crippen molar-refractivity contribution in [1.82, 2.24) is 19.7 Å². The standard InChI is InChI=1S/C24H26F2N4O4/c1-13-7-8-29(16-3-2-4-16)19-12-28-11-17(21(31)22(32)20(28)24(34)30(13)19)23(33)27-10-14-5-6-15(25)9-18(14)26/h5-6,9,11,13,16,19,32H,2-4,7-8,10,12H2,1H3,(H,27,33). The van der Waals surface area contributed by atoms with Crippen molar-refractivity contribution < 1.29 is 23.5 Å². The first-order valence-electron chi connectivity index (χ1n) is 11.5. The summed E-state index contributed by atoms with van der Waals surface area (Å²) >= 11 is 0. The van der Waals surface area contributed by atoms with Gasteiger partial charge in [-0.25, -0.2) is 8.78 Å². The number of rotatable bonds is 4. The minimum Gasteiger partial charge on any atom is -0.503 e. The molecule has 0 spiro atoms. The number of nitrogens with one attached hydrogen (secondary N) is 1. The van der Waals surface area contributed by atoms with Gasteiger partial charge in [-0.15, -0.1) is 0 Å². The first-order chi connectivity index (χ1) is 16.3. The number of benzene rings is 1. The Bertz CT molecular complexity index is 1230. The Kier molecular flexibility index (Phi) is 5.63. The predicted octanol–water partition coefficient (Wildman–Crippen LogP) is 2.19. The van der Waals surface area contributed by atoms with Crippen LogP contribution in [0.1, 0.15) is 59.0 Å². The molecule has 3 heterocycles. The third-order valence-electron chi connectivity index (χ3n) is 7.28. The maximum atomic E-state index is 13.9. The van der Waals surface area contributed by atoms with Gasteiger partial charge in [0, 0.05) is 43.0 Å². The van der Waals surface area contributed by atoms with Crippen molar-refractivity contribution in [3.8, 4) is 5.75 Å². The van der Waals surface area contributed by atoms with Crippen LogP contribution in [0.25, 0.3) is 0 Å². The molecular weight excluding hydrogens is 446 g/mol. The van der Waals surface area contributed by atoms with Crippen molar-refractivity contribution in [2.75, 3.05) is 6.54 Å². The SMILES string of the molecule is CC1CCN(C2CCC2)C2Cn3cc(C(=O)NCc4ccc(F)cc4F)c(=O)c(O)c3C(=O)N12. The van der Waals surface area contributed by atoms with Gasteiger partial charge < -0.3 is 19.9 Å². The van der Waals surface area contributed by atoms with Crippen molar-refractivity contribution in [2.24, 2.45) is 0 Å². The van der Waals surface area contributed by atoms with Gasteiger partial charge in [0.15, 0.2) is 11.4 Å². The first kappa shape index (κ1) is 22.5. The lowest BCUT2D eigenvalue weighted by Crippen LogP contribution is -2.66. The van der Waals surface area contributed by atoms with Gasteiger partial charge in [-0.2, -0.15) is 0 Å². The van der Waals surface area contributed by atoms with E-state index in [-0.39, 0.29) is 35.6 Å². The number of carbonyl (C=O) groups is 2. The van der Waals surface area contributed by atoms with Gasteiger partial charge in [0.25, 0.3) is 11.8 Å². The summed E-state index contributed by atoms with van der Waals surface area (Å²) in [5.41, 5.74) is -1.38. The molecule has 2 fully saturated rings. The van der Waals surface area contributed by atoms with Gasteiger partial charge in [-0.05, 0) is 32.3 Å². The molecule has 10 heteroatoms. The summed E-state index contributed by atoms with van der Waals surface area (Å²) in [6.07, 6.45) is 5.18. The van der Waals surface area contributed by atoms with Crippen molar-refractivity contribution in [3.05, 3.63) is 63.1 Å². The number of hydrogen-bond acceptors (Lipinski definition) is 5. The molecule has 1 aliphatic carbocycles. The lowest BCUT2D eigenvalue weighted by molar-refractivity contribution is -0.0661. The Morgan fingerprint density at radius 3 is 2.65 bits per heavy atom. The van der Waals surface area contributed by atoms with Crippen LogP contribution < -0.4 is 10.7 Å². The molecular formula is C24H26F2N4O4. The van der Waals surface area contributed by atoms with Gasteiger partial charge >= 0.3 is 0 Å². The predicted molar refractivity (Wildman–Crippen MR) is 118 cm³/mol. The van der Waals surface area contributed by atoms with Gasteiger partial charge in [0.2, 0.25) is 5.43 Å². The summed E-state index contributed by atoms with van der Waals surface area (Å²) in [5.74, 6) is -3.57. The normalized spacial score (nSPS) is 22.7. The third-order valence-corrected chi connectivity index (χ3v) is 7.28. The Balaban J connectivity index is 1.45. The molecule has 3 aliphatic rings. The van der Waals surface area contributed by atoms with Gasteiger partial charge in [0.05, 0.1) is 6.54 Å². The number of aromatic hydroxyl groups is 1. The van der Waals surface area contributed by atoms with Gasteiger partial charge in [-0.1, -0.05) is 12.5 Å². The average molecular weight is 472 g/mol. The molecule has 0 radical (unpaired) electrons. The lowest BCUT2D eigenvalue weighted by Gasteiger charge is -2.54. The second kappa shape index (κ2) is 8.50. The van der Waals surface area contributed by atoms with E-state index in [1.807, 2.05) is 6.92 Å². The number of carbonyl (C=O) groups excluding carboxylic acids is 2. The van der Waals surface area contributed by atoms with Gasteiger partial charge in [-0.3, -0.25) is 19.3 Å². The Labute approximate surface area is 194 Å². The van der Waals surface area contributed by atoms with Crippen molar-refractivity contribution in [2.45, 2.75) is 63.9 Å². The molecule has 0 bridgehead atoms. The molecule has 1 aromatic carbocycles. The van der Waals surface area contributed by atoms with Crippen molar-refractivity contribution in [3.63, 3.8) is 0 Å². The summed E-state index contributed by atoms with van der Waals surface area (Å²) in [6, 6.07) is 3.34. The van der Waals surface area contributed by atoms with Crippen LogP contribution in [0.5, 0.6) is 5.75 Å². The summed E-state index contributed by atoms with van der Waals surface area (Å²) < 4.78 is 28.5. The average Bonchev–Trinajstić information content (AvgIpc) is 2.75. The van der Waals surface area contributed by atoms with E-state index < -0.39 is 34.6 Å². The fourth-order valence-electron chi connectivity index (χ4n) is 5.16. The highest BCUT2D eigenvalue weighted by molar-refractivity contribution is 5.99. The van der Waals surface area contributed by atoms with Crippen LogP contribution in [-0.2, 0) is 13.1 Å². The van der Waals surface area contributed by atoms with E-state index in [1.54, 1.807) is 4.90 Å². The zero-order chi connectivity index (χ0) is 24.1. The largest absolute Gasteiger partial charge is 0.503 e. The minimum atomic E-state index is -0.962.